The van der Waals surface area contributed by atoms with E-state index in [0.717, 1.165) is 24.2 Å². The lowest BCUT2D eigenvalue weighted by molar-refractivity contribution is -0.121. The third-order valence-corrected chi connectivity index (χ3v) is 4.23. The highest BCUT2D eigenvalue weighted by molar-refractivity contribution is 5.81. The molecule has 0 aliphatic heterocycles. The lowest BCUT2D eigenvalue weighted by Crippen LogP contribution is -2.40. The molecule has 1 amide bonds. The maximum absolute atomic E-state index is 11.9. The first kappa shape index (κ1) is 18.1. The molecule has 0 unspecified atom stereocenters. The Bertz CT molecular complexity index is 554. The summed E-state index contributed by atoms with van der Waals surface area (Å²) in [5.41, 5.74) is 1.06. The van der Waals surface area contributed by atoms with E-state index >= 15 is 0 Å². The molecule has 1 saturated carbocycles. The number of benzene rings is 1. The van der Waals surface area contributed by atoms with Crippen LogP contribution in [0.1, 0.15) is 37.7 Å². The molecule has 0 saturated heterocycles. The maximum atomic E-state index is 11.9. The number of ether oxygens (including phenoxy) is 1. The van der Waals surface area contributed by atoms with Gasteiger partial charge in [0.05, 0.1) is 7.11 Å². The number of rotatable bonds is 7. The predicted octanol–water partition coefficient (Wildman–Crippen LogP) is 1.81. The van der Waals surface area contributed by atoms with Gasteiger partial charge in [-0.2, -0.15) is 0 Å². The molecule has 0 atom stereocenters. The minimum Gasteiger partial charge on any atom is -0.496 e. The van der Waals surface area contributed by atoms with Crippen LogP contribution in [0.15, 0.2) is 29.3 Å². The van der Waals surface area contributed by atoms with Crippen LogP contribution in [0.5, 0.6) is 5.75 Å². The largest absolute Gasteiger partial charge is 0.496 e. The lowest BCUT2D eigenvalue weighted by Gasteiger charge is -2.15. The second-order valence-electron chi connectivity index (χ2n) is 5.96. The molecule has 1 aliphatic rings. The second kappa shape index (κ2) is 9.80. The van der Waals surface area contributed by atoms with Crippen molar-refractivity contribution in [1.82, 2.24) is 16.0 Å². The Morgan fingerprint density at radius 1 is 1.25 bits per heavy atom. The number of nitrogens with zero attached hydrogens (tertiary/aromatic N) is 1. The summed E-state index contributed by atoms with van der Waals surface area (Å²) in [6.45, 7) is 1.17. The monoisotopic (exact) mass is 332 g/mol. The number of para-hydroxylation sites is 1. The molecule has 132 valence electrons. The van der Waals surface area contributed by atoms with E-state index in [1.165, 1.54) is 12.8 Å². The number of hydrogen-bond acceptors (Lipinski definition) is 3. The molecule has 6 heteroatoms. The molecule has 3 N–H and O–H groups in total. The number of nitrogens with one attached hydrogen (secondary N) is 3. The Morgan fingerprint density at radius 3 is 2.71 bits per heavy atom. The van der Waals surface area contributed by atoms with Gasteiger partial charge in [0.15, 0.2) is 5.96 Å². The van der Waals surface area contributed by atoms with Crippen LogP contribution in [-0.4, -0.2) is 38.6 Å². The van der Waals surface area contributed by atoms with Gasteiger partial charge in [-0.1, -0.05) is 31.0 Å². The molecule has 1 aromatic carbocycles. The van der Waals surface area contributed by atoms with E-state index in [1.807, 2.05) is 24.3 Å². The number of carbonyl (C=O) groups excluding carboxylic acids is 1. The molecular formula is C18H28N4O2. The summed E-state index contributed by atoms with van der Waals surface area (Å²) in [5, 5.41) is 9.49. The van der Waals surface area contributed by atoms with Crippen LogP contribution in [0.4, 0.5) is 0 Å². The molecule has 1 aromatic rings. The molecule has 0 radical (unpaired) electrons. The zero-order chi connectivity index (χ0) is 17.2. The van der Waals surface area contributed by atoms with E-state index in [4.69, 9.17) is 4.74 Å². The lowest BCUT2D eigenvalue weighted by atomic mass is 10.2. The molecule has 0 spiro atoms. The SMILES string of the molecule is CN=C(NCCC(=O)NC1CCCC1)NCc1ccccc1OC. The third kappa shape index (κ3) is 5.76. The van der Waals surface area contributed by atoms with Gasteiger partial charge in [0.1, 0.15) is 5.75 Å². The minimum atomic E-state index is 0.106. The number of amides is 1. The van der Waals surface area contributed by atoms with Crippen LogP contribution < -0.4 is 20.7 Å². The van der Waals surface area contributed by atoms with E-state index < -0.39 is 0 Å². The highest BCUT2D eigenvalue weighted by atomic mass is 16.5. The summed E-state index contributed by atoms with van der Waals surface area (Å²) < 4.78 is 5.33. The van der Waals surface area contributed by atoms with Crippen molar-refractivity contribution in [1.29, 1.82) is 0 Å². The van der Waals surface area contributed by atoms with Crippen molar-refractivity contribution in [2.24, 2.45) is 4.99 Å². The highest BCUT2D eigenvalue weighted by Crippen LogP contribution is 2.17. The average Bonchev–Trinajstić information content (AvgIpc) is 3.11. The zero-order valence-corrected chi connectivity index (χ0v) is 14.6. The molecule has 0 heterocycles. The van der Waals surface area contributed by atoms with E-state index in [1.54, 1.807) is 14.2 Å². The fourth-order valence-corrected chi connectivity index (χ4v) is 2.91. The molecular weight excluding hydrogens is 304 g/mol. The van der Waals surface area contributed by atoms with Gasteiger partial charge in [0.2, 0.25) is 5.91 Å². The highest BCUT2D eigenvalue weighted by Gasteiger charge is 2.16. The number of aliphatic imine (C=N–C) groups is 1. The first-order valence-electron chi connectivity index (χ1n) is 8.58. The quantitative estimate of drug-likeness (QED) is 0.526. The fourth-order valence-electron chi connectivity index (χ4n) is 2.91. The first-order chi connectivity index (χ1) is 11.7. The van der Waals surface area contributed by atoms with Gasteiger partial charge < -0.3 is 20.7 Å². The Labute approximate surface area is 144 Å². The van der Waals surface area contributed by atoms with Crippen molar-refractivity contribution < 1.29 is 9.53 Å². The molecule has 0 aromatic heterocycles. The van der Waals surface area contributed by atoms with Crippen LogP contribution in [-0.2, 0) is 11.3 Å². The van der Waals surface area contributed by atoms with Crippen molar-refractivity contribution in [2.75, 3.05) is 20.7 Å². The number of methoxy groups -OCH3 is 1. The van der Waals surface area contributed by atoms with Crippen molar-refractivity contribution in [3.63, 3.8) is 0 Å². The van der Waals surface area contributed by atoms with Crippen LogP contribution >= 0.6 is 0 Å². The normalized spacial score (nSPS) is 15.2. The Balaban J connectivity index is 1.69. The van der Waals surface area contributed by atoms with E-state index in [0.29, 0.717) is 31.5 Å². The van der Waals surface area contributed by atoms with E-state index in [2.05, 4.69) is 20.9 Å². The van der Waals surface area contributed by atoms with E-state index in [-0.39, 0.29) is 5.91 Å². The molecule has 6 nitrogen and oxygen atoms in total. The van der Waals surface area contributed by atoms with Crippen LogP contribution in [0, 0.1) is 0 Å². The van der Waals surface area contributed by atoms with Gasteiger partial charge in [-0.25, -0.2) is 0 Å². The van der Waals surface area contributed by atoms with Crippen molar-refractivity contribution in [2.45, 2.75) is 44.7 Å². The summed E-state index contributed by atoms with van der Waals surface area (Å²) in [6.07, 6.45) is 5.12. The minimum absolute atomic E-state index is 0.106. The standard InChI is InChI=1S/C18H28N4O2/c1-19-18(21-13-14-7-3-6-10-16(14)24-2)20-12-11-17(23)22-15-8-4-5-9-15/h3,6-7,10,15H,4-5,8-9,11-13H2,1-2H3,(H,22,23)(H2,19,20,21). The Hall–Kier alpha value is -2.24. The number of hydrogen-bond donors (Lipinski definition) is 3. The number of carbonyl (C=O) groups is 1. The zero-order valence-electron chi connectivity index (χ0n) is 14.6. The van der Waals surface area contributed by atoms with Gasteiger partial charge >= 0.3 is 0 Å². The van der Waals surface area contributed by atoms with Crippen molar-refractivity contribution in [3.05, 3.63) is 29.8 Å². The molecule has 24 heavy (non-hydrogen) atoms. The van der Waals surface area contributed by atoms with Crippen LogP contribution in [0.25, 0.3) is 0 Å². The van der Waals surface area contributed by atoms with Gasteiger partial charge in [0, 0.05) is 38.2 Å². The van der Waals surface area contributed by atoms with Gasteiger partial charge in [0.25, 0.3) is 0 Å². The summed E-state index contributed by atoms with van der Waals surface area (Å²) in [7, 11) is 3.38. The Kier molecular flexibility index (Phi) is 7.39. The van der Waals surface area contributed by atoms with Gasteiger partial charge in [-0.05, 0) is 18.9 Å². The fraction of sp³-hybridized carbons (Fsp3) is 0.556. The topological polar surface area (TPSA) is 74.8 Å². The molecule has 1 fully saturated rings. The summed E-state index contributed by atoms with van der Waals surface area (Å²) in [6, 6.07) is 8.23. The predicted molar refractivity (Wildman–Crippen MR) is 96.2 cm³/mol. The van der Waals surface area contributed by atoms with Crippen molar-refractivity contribution in [3.8, 4) is 5.75 Å². The van der Waals surface area contributed by atoms with Crippen LogP contribution in [0.2, 0.25) is 0 Å². The summed E-state index contributed by atoms with van der Waals surface area (Å²) in [4.78, 5) is 16.1. The molecule has 1 aliphatic carbocycles. The first-order valence-corrected chi connectivity index (χ1v) is 8.58. The molecule has 0 bridgehead atoms. The van der Waals surface area contributed by atoms with E-state index in [9.17, 15) is 4.79 Å². The third-order valence-electron chi connectivity index (χ3n) is 4.23. The van der Waals surface area contributed by atoms with Crippen molar-refractivity contribution >= 4 is 11.9 Å². The Morgan fingerprint density at radius 2 is 2.00 bits per heavy atom. The van der Waals surface area contributed by atoms with Crippen LogP contribution in [0.3, 0.4) is 0 Å². The van der Waals surface area contributed by atoms with Gasteiger partial charge in [-0.3, -0.25) is 9.79 Å². The van der Waals surface area contributed by atoms with Gasteiger partial charge in [-0.15, -0.1) is 0 Å². The average molecular weight is 332 g/mol. The molecule has 2 rings (SSSR count). The number of guanidine groups is 1. The summed E-state index contributed by atoms with van der Waals surface area (Å²) in [5.74, 6) is 1.63. The summed E-state index contributed by atoms with van der Waals surface area (Å²) >= 11 is 0. The second-order valence-corrected chi connectivity index (χ2v) is 5.96. The smallest absolute Gasteiger partial charge is 0.221 e. The maximum Gasteiger partial charge on any atom is 0.221 e.